The van der Waals surface area contributed by atoms with Crippen molar-refractivity contribution in [3.05, 3.63) is 72.1 Å². The lowest BCUT2D eigenvalue weighted by Crippen LogP contribution is -2.05. The SMILES string of the molecule is Cc1ccc(-c2nc3nccnc3n2-c2ccc(C3CCCCC3)cc2)cc1. The molecule has 5 rings (SSSR count). The average molecular weight is 368 g/mol. The Morgan fingerprint density at radius 2 is 1.54 bits per heavy atom. The van der Waals surface area contributed by atoms with Gasteiger partial charge in [-0.15, -0.1) is 0 Å². The van der Waals surface area contributed by atoms with E-state index < -0.39 is 0 Å². The highest BCUT2D eigenvalue weighted by Crippen LogP contribution is 2.34. The van der Waals surface area contributed by atoms with Crippen LogP contribution in [0.4, 0.5) is 0 Å². The van der Waals surface area contributed by atoms with Gasteiger partial charge in [0.1, 0.15) is 5.82 Å². The maximum Gasteiger partial charge on any atom is 0.198 e. The van der Waals surface area contributed by atoms with E-state index in [0.29, 0.717) is 11.6 Å². The largest absolute Gasteiger partial charge is 0.275 e. The van der Waals surface area contributed by atoms with E-state index in [1.54, 1.807) is 12.4 Å². The summed E-state index contributed by atoms with van der Waals surface area (Å²) >= 11 is 0. The summed E-state index contributed by atoms with van der Waals surface area (Å²) < 4.78 is 2.12. The number of fused-ring (bicyclic) bond motifs is 1. The molecule has 2 aromatic carbocycles. The highest BCUT2D eigenvalue weighted by Gasteiger charge is 2.18. The molecule has 1 aliphatic rings. The third-order valence-corrected chi connectivity index (χ3v) is 5.83. The fourth-order valence-electron chi connectivity index (χ4n) is 4.28. The first-order valence-electron chi connectivity index (χ1n) is 10.2. The van der Waals surface area contributed by atoms with Crippen molar-refractivity contribution in [2.45, 2.75) is 44.9 Å². The van der Waals surface area contributed by atoms with Crippen molar-refractivity contribution in [1.82, 2.24) is 19.5 Å². The molecule has 4 nitrogen and oxygen atoms in total. The Labute approximate surface area is 165 Å². The summed E-state index contributed by atoms with van der Waals surface area (Å²) in [5, 5.41) is 0. The van der Waals surface area contributed by atoms with Gasteiger partial charge in [-0.05, 0) is 43.4 Å². The number of hydrogen-bond acceptors (Lipinski definition) is 3. The number of aromatic nitrogens is 4. The van der Waals surface area contributed by atoms with Gasteiger partial charge < -0.3 is 0 Å². The first-order valence-corrected chi connectivity index (χ1v) is 10.2. The van der Waals surface area contributed by atoms with Crippen LogP contribution >= 0.6 is 0 Å². The van der Waals surface area contributed by atoms with Gasteiger partial charge in [-0.2, -0.15) is 0 Å². The number of benzene rings is 2. The van der Waals surface area contributed by atoms with Gasteiger partial charge in [0.25, 0.3) is 0 Å². The minimum absolute atomic E-state index is 0.675. The lowest BCUT2D eigenvalue weighted by atomic mass is 9.84. The summed E-state index contributed by atoms with van der Waals surface area (Å²) in [5.41, 5.74) is 6.31. The Balaban J connectivity index is 1.61. The summed E-state index contributed by atoms with van der Waals surface area (Å²) in [5.74, 6) is 1.59. The first-order chi connectivity index (χ1) is 13.8. The van der Waals surface area contributed by atoms with Crippen molar-refractivity contribution < 1.29 is 0 Å². The lowest BCUT2D eigenvalue weighted by Gasteiger charge is -2.22. The molecule has 0 aliphatic heterocycles. The monoisotopic (exact) mass is 368 g/mol. The first kappa shape index (κ1) is 17.1. The van der Waals surface area contributed by atoms with Crippen LogP contribution in [-0.2, 0) is 0 Å². The predicted molar refractivity (Wildman–Crippen MR) is 113 cm³/mol. The zero-order valence-corrected chi connectivity index (χ0v) is 16.2. The van der Waals surface area contributed by atoms with E-state index in [9.17, 15) is 0 Å². The van der Waals surface area contributed by atoms with Crippen LogP contribution in [0.1, 0.15) is 49.1 Å². The highest BCUT2D eigenvalue weighted by molar-refractivity contribution is 5.77. The van der Waals surface area contributed by atoms with E-state index in [1.165, 1.54) is 43.2 Å². The van der Waals surface area contributed by atoms with Crippen molar-refractivity contribution in [3.63, 3.8) is 0 Å². The maximum atomic E-state index is 4.79. The molecule has 0 radical (unpaired) electrons. The number of rotatable bonds is 3. The van der Waals surface area contributed by atoms with Gasteiger partial charge in [-0.3, -0.25) is 4.57 Å². The molecule has 140 valence electrons. The third kappa shape index (κ3) is 3.09. The smallest absolute Gasteiger partial charge is 0.198 e. The molecule has 0 spiro atoms. The van der Waals surface area contributed by atoms with Crippen LogP contribution in [0, 0.1) is 6.92 Å². The Kier molecular flexibility index (Phi) is 4.40. The van der Waals surface area contributed by atoms with Crippen LogP contribution in [0.5, 0.6) is 0 Å². The molecule has 0 saturated heterocycles. The van der Waals surface area contributed by atoms with Crippen LogP contribution < -0.4 is 0 Å². The topological polar surface area (TPSA) is 43.6 Å². The van der Waals surface area contributed by atoms with Crippen LogP contribution in [0.3, 0.4) is 0 Å². The van der Waals surface area contributed by atoms with Crippen LogP contribution in [0.15, 0.2) is 60.9 Å². The number of imidazole rings is 1. The van der Waals surface area contributed by atoms with Gasteiger partial charge in [-0.25, -0.2) is 15.0 Å². The van der Waals surface area contributed by atoms with Gasteiger partial charge in [0.15, 0.2) is 11.3 Å². The summed E-state index contributed by atoms with van der Waals surface area (Å²) in [6, 6.07) is 17.4. The normalized spacial score (nSPS) is 15.2. The van der Waals surface area contributed by atoms with Gasteiger partial charge >= 0.3 is 0 Å². The van der Waals surface area contributed by atoms with E-state index >= 15 is 0 Å². The van der Waals surface area contributed by atoms with Gasteiger partial charge in [0.05, 0.1) is 0 Å². The van der Waals surface area contributed by atoms with Crippen molar-refractivity contribution in [2.75, 3.05) is 0 Å². The molecule has 2 heterocycles. The molecule has 0 unspecified atom stereocenters. The molecule has 0 amide bonds. The van der Waals surface area contributed by atoms with Gasteiger partial charge in [0.2, 0.25) is 0 Å². The highest BCUT2D eigenvalue weighted by atomic mass is 15.2. The Hall–Kier alpha value is -3.01. The van der Waals surface area contributed by atoms with Crippen LogP contribution in [0.2, 0.25) is 0 Å². The van der Waals surface area contributed by atoms with Crippen molar-refractivity contribution in [2.24, 2.45) is 0 Å². The van der Waals surface area contributed by atoms with Crippen LogP contribution in [0.25, 0.3) is 28.4 Å². The minimum atomic E-state index is 0.675. The maximum absolute atomic E-state index is 4.79. The van der Waals surface area contributed by atoms with E-state index in [0.717, 1.165) is 22.7 Å². The van der Waals surface area contributed by atoms with E-state index in [4.69, 9.17) is 4.98 Å². The molecule has 0 N–H and O–H groups in total. The third-order valence-electron chi connectivity index (χ3n) is 5.83. The van der Waals surface area contributed by atoms with E-state index in [2.05, 4.69) is 70.0 Å². The average Bonchev–Trinajstić information content (AvgIpc) is 3.14. The minimum Gasteiger partial charge on any atom is -0.275 e. The molecule has 1 aliphatic carbocycles. The summed E-state index contributed by atoms with van der Waals surface area (Å²) in [6.45, 7) is 2.10. The number of hydrogen-bond donors (Lipinski definition) is 0. The lowest BCUT2D eigenvalue weighted by molar-refractivity contribution is 0.443. The summed E-state index contributed by atoms with van der Waals surface area (Å²) in [7, 11) is 0. The fraction of sp³-hybridized carbons (Fsp3) is 0.292. The quantitative estimate of drug-likeness (QED) is 0.456. The van der Waals surface area contributed by atoms with Gasteiger partial charge in [-0.1, -0.05) is 61.2 Å². The van der Waals surface area contributed by atoms with Crippen molar-refractivity contribution in [3.8, 4) is 17.1 Å². The molecule has 2 aromatic heterocycles. The van der Waals surface area contributed by atoms with E-state index in [-0.39, 0.29) is 0 Å². The van der Waals surface area contributed by atoms with Crippen LogP contribution in [-0.4, -0.2) is 19.5 Å². The second-order valence-electron chi connectivity index (χ2n) is 7.77. The molecule has 28 heavy (non-hydrogen) atoms. The molecule has 0 bridgehead atoms. The Bertz CT molecular complexity index is 1090. The zero-order valence-electron chi connectivity index (χ0n) is 16.2. The van der Waals surface area contributed by atoms with Gasteiger partial charge in [0, 0.05) is 23.6 Å². The number of nitrogens with zero attached hydrogens (tertiary/aromatic N) is 4. The van der Waals surface area contributed by atoms with Crippen molar-refractivity contribution >= 4 is 11.3 Å². The predicted octanol–water partition coefficient (Wildman–Crippen LogP) is 5.84. The Morgan fingerprint density at radius 1 is 0.821 bits per heavy atom. The fourth-order valence-corrected chi connectivity index (χ4v) is 4.28. The van der Waals surface area contributed by atoms with E-state index in [1.807, 2.05) is 0 Å². The molecule has 4 aromatic rings. The Morgan fingerprint density at radius 3 is 2.29 bits per heavy atom. The zero-order chi connectivity index (χ0) is 18.9. The summed E-state index contributed by atoms with van der Waals surface area (Å²) in [6.07, 6.45) is 10.1. The number of aryl methyl sites for hydroxylation is 1. The van der Waals surface area contributed by atoms with Crippen molar-refractivity contribution in [1.29, 1.82) is 0 Å². The molecule has 0 atom stereocenters. The second kappa shape index (κ2) is 7.19. The molecular weight excluding hydrogens is 344 g/mol. The molecule has 1 saturated carbocycles. The summed E-state index contributed by atoms with van der Waals surface area (Å²) in [4.78, 5) is 13.8. The molecule has 1 fully saturated rings. The standard InChI is InChI=1S/C24H24N4/c1-17-7-9-20(10-8-17)23-27-22-24(26-16-15-25-22)28(23)21-13-11-19(12-14-21)18-5-3-2-4-6-18/h7-16,18H,2-6H2,1H3. The molecule has 4 heteroatoms. The second-order valence-corrected chi connectivity index (χ2v) is 7.77. The molecular formula is C24H24N4.